The third-order valence-corrected chi connectivity index (χ3v) is 5.36. The number of hydrogen-bond acceptors (Lipinski definition) is 5. The summed E-state index contributed by atoms with van der Waals surface area (Å²) in [6, 6.07) is 7.65. The summed E-state index contributed by atoms with van der Waals surface area (Å²) in [6.45, 7) is 2.01. The summed E-state index contributed by atoms with van der Waals surface area (Å²) >= 11 is 1.25. The van der Waals surface area contributed by atoms with Crippen LogP contribution < -0.4 is 10.6 Å². The highest BCUT2D eigenvalue weighted by Crippen LogP contribution is 2.21. The fraction of sp³-hybridized carbons (Fsp3) is 0.444. The minimum absolute atomic E-state index is 0.0999. The maximum Gasteiger partial charge on any atom is 0.321 e. The number of aromatic nitrogens is 3. The van der Waals surface area contributed by atoms with E-state index in [2.05, 4.69) is 20.8 Å². The summed E-state index contributed by atoms with van der Waals surface area (Å²) in [6.07, 6.45) is 7.06. The van der Waals surface area contributed by atoms with Gasteiger partial charge in [-0.1, -0.05) is 49.2 Å². The molecule has 0 aliphatic heterocycles. The molecule has 8 heteroatoms. The Morgan fingerprint density at radius 2 is 2.00 bits per heavy atom. The zero-order chi connectivity index (χ0) is 18.4. The summed E-state index contributed by atoms with van der Waals surface area (Å²) in [5.74, 6) is -0.245. The summed E-state index contributed by atoms with van der Waals surface area (Å²) in [7, 11) is 0. The lowest BCUT2D eigenvalue weighted by molar-refractivity contribution is -0.117. The third kappa shape index (κ3) is 4.85. The maximum atomic E-state index is 12.1. The van der Waals surface area contributed by atoms with Crippen molar-refractivity contribution in [3.63, 3.8) is 0 Å². The number of nitrogens with one attached hydrogen (secondary N) is 2. The Morgan fingerprint density at radius 1 is 1.23 bits per heavy atom. The molecule has 0 unspecified atom stereocenters. The molecule has 0 bridgehead atoms. The lowest BCUT2D eigenvalue weighted by Crippen LogP contribution is -2.45. The maximum absolute atomic E-state index is 12.1. The van der Waals surface area contributed by atoms with Crippen LogP contribution in [-0.4, -0.2) is 38.5 Å². The van der Waals surface area contributed by atoms with Gasteiger partial charge in [0.15, 0.2) is 5.16 Å². The second-order valence-corrected chi connectivity index (χ2v) is 7.36. The van der Waals surface area contributed by atoms with E-state index >= 15 is 0 Å². The Hall–Kier alpha value is -2.35. The number of hydrogen-bond donors (Lipinski definition) is 2. The van der Waals surface area contributed by atoms with Crippen molar-refractivity contribution in [1.29, 1.82) is 0 Å². The first-order chi connectivity index (χ1) is 12.6. The van der Waals surface area contributed by atoms with Gasteiger partial charge in [0.2, 0.25) is 5.91 Å². The van der Waals surface area contributed by atoms with Crippen molar-refractivity contribution >= 4 is 23.7 Å². The topological polar surface area (TPSA) is 88.9 Å². The highest BCUT2D eigenvalue weighted by Gasteiger charge is 2.17. The fourth-order valence-electron chi connectivity index (χ4n) is 3.08. The van der Waals surface area contributed by atoms with Crippen LogP contribution in [0, 0.1) is 6.92 Å². The Bertz CT molecular complexity index is 770. The molecule has 1 aliphatic rings. The lowest BCUT2D eigenvalue weighted by atomic mass is 9.96. The average molecular weight is 373 g/mol. The third-order valence-electron chi connectivity index (χ3n) is 4.42. The van der Waals surface area contributed by atoms with E-state index in [1.807, 2.05) is 35.8 Å². The van der Waals surface area contributed by atoms with Crippen molar-refractivity contribution in [2.45, 2.75) is 50.2 Å². The molecule has 0 spiro atoms. The zero-order valence-electron chi connectivity index (χ0n) is 14.8. The van der Waals surface area contributed by atoms with Crippen molar-refractivity contribution in [3.05, 3.63) is 36.2 Å². The lowest BCUT2D eigenvalue weighted by Gasteiger charge is -2.22. The first-order valence-electron chi connectivity index (χ1n) is 8.82. The Morgan fingerprint density at radius 3 is 2.77 bits per heavy atom. The van der Waals surface area contributed by atoms with Gasteiger partial charge >= 0.3 is 6.03 Å². The minimum atomic E-state index is -0.414. The number of benzene rings is 1. The first kappa shape index (κ1) is 18.4. The quantitative estimate of drug-likeness (QED) is 0.787. The smallest absolute Gasteiger partial charge is 0.321 e. The Labute approximate surface area is 157 Å². The molecule has 7 nitrogen and oxygen atoms in total. The van der Waals surface area contributed by atoms with Crippen molar-refractivity contribution in [1.82, 2.24) is 25.4 Å². The van der Waals surface area contributed by atoms with Gasteiger partial charge in [0, 0.05) is 6.04 Å². The summed E-state index contributed by atoms with van der Waals surface area (Å²) in [5, 5.41) is 13.9. The number of para-hydroxylation sites is 1. The molecular weight excluding hydrogens is 350 g/mol. The zero-order valence-corrected chi connectivity index (χ0v) is 15.6. The van der Waals surface area contributed by atoms with Crippen LogP contribution in [0.4, 0.5) is 4.79 Å². The van der Waals surface area contributed by atoms with Gasteiger partial charge in [0.05, 0.1) is 11.4 Å². The molecule has 138 valence electrons. The summed E-state index contributed by atoms with van der Waals surface area (Å²) < 4.78 is 1.84. The van der Waals surface area contributed by atoms with Crippen molar-refractivity contribution in [2.24, 2.45) is 0 Å². The fourth-order valence-corrected chi connectivity index (χ4v) is 3.80. The standard InChI is InChI=1S/C18H23N5O2S/c1-13-7-5-6-10-15(13)23-12-19-22-18(23)26-11-16(24)21-17(25)20-14-8-3-2-4-9-14/h5-7,10,12,14H,2-4,8-9,11H2,1H3,(H2,20,21,24,25). The van der Waals surface area contributed by atoms with Gasteiger partial charge in [-0.2, -0.15) is 0 Å². The normalized spacial score (nSPS) is 14.8. The second-order valence-electron chi connectivity index (χ2n) is 6.42. The largest absolute Gasteiger partial charge is 0.335 e. The van der Waals surface area contributed by atoms with Crippen LogP contribution in [0.15, 0.2) is 35.7 Å². The molecule has 1 aromatic carbocycles. The van der Waals surface area contributed by atoms with Crippen LogP contribution in [0.1, 0.15) is 37.7 Å². The molecule has 1 heterocycles. The van der Waals surface area contributed by atoms with Crippen molar-refractivity contribution in [2.75, 3.05) is 5.75 Å². The number of thioether (sulfide) groups is 1. The van der Waals surface area contributed by atoms with Crippen LogP contribution in [-0.2, 0) is 4.79 Å². The highest BCUT2D eigenvalue weighted by atomic mass is 32.2. The van der Waals surface area contributed by atoms with Gasteiger partial charge in [0.25, 0.3) is 0 Å². The number of carbonyl (C=O) groups is 2. The van der Waals surface area contributed by atoms with E-state index in [0.29, 0.717) is 5.16 Å². The summed E-state index contributed by atoms with van der Waals surface area (Å²) in [5.41, 5.74) is 2.06. The van der Waals surface area contributed by atoms with Gasteiger partial charge < -0.3 is 5.32 Å². The van der Waals surface area contributed by atoms with Gasteiger partial charge in [0.1, 0.15) is 6.33 Å². The van der Waals surface area contributed by atoms with E-state index in [9.17, 15) is 9.59 Å². The van der Waals surface area contributed by atoms with Crippen LogP contribution in [0.3, 0.4) is 0 Å². The van der Waals surface area contributed by atoms with E-state index in [4.69, 9.17) is 0 Å². The number of urea groups is 1. The second kappa shape index (κ2) is 8.84. The molecule has 1 aliphatic carbocycles. The van der Waals surface area contributed by atoms with Crippen LogP contribution in [0.25, 0.3) is 5.69 Å². The number of nitrogens with zero attached hydrogens (tertiary/aromatic N) is 3. The molecule has 0 atom stereocenters. The molecule has 0 radical (unpaired) electrons. The van der Waals surface area contributed by atoms with Gasteiger partial charge in [-0.3, -0.25) is 14.7 Å². The van der Waals surface area contributed by atoms with Crippen molar-refractivity contribution in [3.8, 4) is 5.69 Å². The first-order valence-corrected chi connectivity index (χ1v) is 9.81. The van der Waals surface area contributed by atoms with E-state index in [0.717, 1.165) is 36.9 Å². The Kier molecular flexibility index (Phi) is 6.27. The van der Waals surface area contributed by atoms with Gasteiger partial charge in [-0.25, -0.2) is 4.79 Å². The molecular formula is C18H23N5O2S. The van der Waals surface area contributed by atoms with E-state index in [1.165, 1.54) is 18.2 Å². The molecule has 3 amide bonds. The number of aryl methyl sites for hydroxylation is 1. The number of amides is 3. The summed E-state index contributed by atoms with van der Waals surface area (Å²) in [4.78, 5) is 24.0. The molecule has 1 aromatic heterocycles. The number of rotatable bonds is 5. The minimum Gasteiger partial charge on any atom is -0.335 e. The molecule has 1 fully saturated rings. The SMILES string of the molecule is Cc1ccccc1-n1cnnc1SCC(=O)NC(=O)NC1CCCCC1. The van der Waals surface area contributed by atoms with E-state index in [-0.39, 0.29) is 17.7 Å². The predicted octanol–water partition coefficient (Wildman–Crippen LogP) is 2.83. The van der Waals surface area contributed by atoms with Crippen LogP contribution >= 0.6 is 11.8 Å². The average Bonchev–Trinajstić information content (AvgIpc) is 3.09. The highest BCUT2D eigenvalue weighted by molar-refractivity contribution is 7.99. The Balaban J connectivity index is 1.51. The molecule has 1 saturated carbocycles. The van der Waals surface area contributed by atoms with E-state index in [1.54, 1.807) is 6.33 Å². The monoisotopic (exact) mass is 373 g/mol. The molecule has 0 saturated heterocycles. The van der Waals surface area contributed by atoms with Gasteiger partial charge in [-0.15, -0.1) is 10.2 Å². The predicted molar refractivity (Wildman–Crippen MR) is 100 cm³/mol. The van der Waals surface area contributed by atoms with Crippen LogP contribution in [0.5, 0.6) is 0 Å². The molecule has 3 rings (SSSR count). The van der Waals surface area contributed by atoms with E-state index < -0.39 is 6.03 Å². The number of imide groups is 1. The van der Waals surface area contributed by atoms with Crippen molar-refractivity contribution < 1.29 is 9.59 Å². The molecule has 26 heavy (non-hydrogen) atoms. The van der Waals surface area contributed by atoms with Crippen LogP contribution in [0.2, 0.25) is 0 Å². The molecule has 2 aromatic rings. The number of carbonyl (C=O) groups excluding carboxylic acids is 2. The molecule has 2 N–H and O–H groups in total. The van der Waals surface area contributed by atoms with Gasteiger partial charge in [-0.05, 0) is 31.4 Å².